The van der Waals surface area contributed by atoms with Crippen molar-refractivity contribution in [2.75, 3.05) is 32.8 Å². The summed E-state index contributed by atoms with van der Waals surface area (Å²) >= 11 is 0. The molecule has 0 radical (unpaired) electrons. The second-order valence-corrected chi connectivity index (χ2v) is 7.00. The van der Waals surface area contributed by atoms with Crippen molar-refractivity contribution in [3.63, 3.8) is 0 Å². The summed E-state index contributed by atoms with van der Waals surface area (Å²) < 4.78 is 10.7. The monoisotopic (exact) mass is 357 g/mol. The van der Waals surface area contributed by atoms with Gasteiger partial charge in [-0.05, 0) is 12.8 Å². The number of aryl methyl sites for hydroxylation is 1. The zero-order chi connectivity index (χ0) is 18.5. The molecule has 0 saturated carbocycles. The highest BCUT2D eigenvalue weighted by molar-refractivity contribution is 6.00. The molecule has 1 aromatic carbocycles. The van der Waals surface area contributed by atoms with Crippen molar-refractivity contribution >= 4 is 5.91 Å². The Morgan fingerprint density at radius 1 is 1.23 bits per heavy atom. The molecular formula is C20H27N3O3. The summed E-state index contributed by atoms with van der Waals surface area (Å²) in [5.41, 5.74) is 1.98. The SMILES string of the molecule is Cc1onc(-c2ccccc2)c1C(=O)NCC(C(C)C)N1CCOCC1. The molecule has 140 valence electrons. The number of amides is 1. The number of ether oxygens (including phenoxy) is 1. The smallest absolute Gasteiger partial charge is 0.257 e. The molecule has 1 aliphatic rings. The second kappa shape index (κ2) is 8.47. The minimum atomic E-state index is -0.137. The summed E-state index contributed by atoms with van der Waals surface area (Å²) in [5.74, 6) is 0.834. The van der Waals surface area contributed by atoms with Crippen molar-refractivity contribution < 1.29 is 14.1 Å². The fourth-order valence-corrected chi connectivity index (χ4v) is 3.41. The van der Waals surface area contributed by atoms with Crippen LogP contribution in [0.1, 0.15) is 30.0 Å². The Morgan fingerprint density at radius 2 is 1.92 bits per heavy atom. The van der Waals surface area contributed by atoms with Crippen molar-refractivity contribution in [3.8, 4) is 11.3 Å². The van der Waals surface area contributed by atoms with Gasteiger partial charge in [0, 0.05) is 31.2 Å². The van der Waals surface area contributed by atoms with E-state index in [9.17, 15) is 4.79 Å². The van der Waals surface area contributed by atoms with E-state index in [1.807, 2.05) is 30.3 Å². The Hall–Kier alpha value is -2.18. The normalized spacial score (nSPS) is 16.6. The van der Waals surface area contributed by atoms with E-state index in [1.165, 1.54) is 0 Å². The number of nitrogens with zero attached hydrogens (tertiary/aromatic N) is 2. The van der Waals surface area contributed by atoms with E-state index in [4.69, 9.17) is 9.26 Å². The lowest BCUT2D eigenvalue weighted by molar-refractivity contribution is 0.00672. The third-order valence-corrected chi connectivity index (χ3v) is 4.89. The third-order valence-electron chi connectivity index (χ3n) is 4.89. The first-order chi connectivity index (χ1) is 12.6. The Balaban J connectivity index is 1.73. The van der Waals surface area contributed by atoms with Gasteiger partial charge in [0.25, 0.3) is 5.91 Å². The maximum Gasteiger partial charge on any atom is 0.257 e. The second-order valence-electron chi connectivity index (χ2n) is 7.00. The predicted molar refractivity (Wildman–Crippen MR) is 100 cm³/mol. The molecule has 0 spiro atoms. The molecule has 0 bridgehead atoms. The Bertz CT molecular complexity index is 721. The van der Waals surface area contributed by atoms with Gasteiger partial charge in [0.05, 0.1) is 13.2 Å². The molecule has 1 amide bonds. The molecule has 2 heterocycles. The number of nitrogens with one attached hydrogen (secondary N) is 1. The third kappa shape index (κ3) is 4.14. The summed E-state index contributed by atoms with van der Waals surface area (Å²) in [5, 5.41) is 7.19. The Labute approximate surface area is 154 Å². The van der Waals surface area contributed by atoms with Crippen molar-refractivity contribution in [1.82, 2.24) is 15.4 Å². The standard InChI is InChI=1S/C20H27N3O3/c1-14(2)17(23-9-11-25-12-10-23)13-21-20(24)18-15(3)26-22-19(18)16-7-5-4-6-8-16/h4-8,14,17H,9-13H2,1-3H3,(H,21,24). The predicted octanol–water partition coefficient (Wildman–Crippen LogP) is 2.74. The summed E-state index contributed by atoms with van der Waals surface area (Å²) in [7, 11) is 0. The van der Waals surface area contributed by atoms with Crippen molar-refractivity contribution in [1.29, 1.82) is 0 Å². The van der Waals surface area contributed by atoms with E-state index in [-0.39, 0.29) is 11.9 Å². The van der Waals surface area contributed by atoms with Gasteiger partial charge in [0.2, 0.25) is 0 Å². The van der Waals surface area contributed by atoms with Crippen LogP contribution in [0.2, 0.25) is 0 Å². The molecule has 26 heavy (non-hydrogen) atoms. The number of hydrogen-bond acceptors (Lipinski definition) is 5. The molecule has 1 saturated heterocycles. The molecule has 1 fully saturated rings. The van der Waals surface area contributed by atoms with Crippen LogP contribution in [-0.2, 0) is 4.74 Å². The number of carbonyl (C=O) groups excluding carboxylic acids is 1. The van der Waals surface area contributed by atoms with Gasteiger partial charge in [0.1, 0.15) is 17.0 Å². The van der Waals surface area contributed by atoms with E-state index in [2.05, 4.69) is 29.2 Å². The van der Waals surface area contributed by atoms with Crippen LogP contribution < -0.4 is 5.32 Å². The maximum absolute atomic E-state index is 12.9. The van der Waals surface area contributed by atoms with E-state index < -0.39 is 0 Å². The van der Waals surface area contributed by atoms with Crippen LogP contribution in [0.3, 0.4) is 0 Å². The molecule has 1 unspecified atom stereocenters. The molecule has 1 aromatic heterocycles. The van der Waals surface area contributed by atoms with Crippen LogP contribution in [-0.4, -0.2) is 54.9 Å². The molecular weight excluding hydrogens is 330 g/mol. The molecule has 1 atom stereocenters. The molecule has 1 N–H and O–H groups in total. The van der Waals surface area contributed by atoms with E-state index in [1.54, 1.807) is 6.92 Å². The van der Waals surface area contributed by atoms with Crippen molar-refractivity contribution in [2.45, 2.75) is 26.8 Å². The van der Waals surface area contributed by atoms with Crippen LogP contribution in [0.4, 0.5) is 0 Å². The average molecular weight is 357 g/mol. The molecule has 6 nitrogen and oxygen atoms in total. The van der Waals surface area contributed by atoms with Crippen LogP contribution in [0, 0.1) is 12.8 Å². The van der Waals surface area contributed by atoms with Crippen molar-refractivity contribution in [2.24, 2.45) is 5.92 Å². The molecule has 0 aliphatic carbocycles. The minimum absolute atomic E-state index is 0.137. The zero-order valence-corrected chi connectivity index (χ0v) is 15.7. The fraction of sp³-hybridized carbons (Fsp3) is 0.500. The zero-order valence-electron chi connectivity index (χ0n) is 15.7. The number of hydrogen-bond donors (Lipinski definition) is 1. The topological polar surface area (TPSA) is 67.6 Å². The first-order valence-electron chi connectivity index (χ1n) is 9.19. The number of rotatable bonds is 6. The van der Waals surface area contributed by atoms with Gasteiger partial charge in [-0.1, -0.05) is 49.3 Å². The number of benzene rings is 1. The van der Waals surface area contributed by atoms with Gasteiger partial charge in [-0.15, -0.1) is 0 Å². The van der Waals surface area contributed by atoms with E-state index >= 15 is 0 Å². The lowest BCUT2D eigenvalue weighted by atomic mass is 10.0. The highest BCUT2D eigenvalue weighted by Crippen LogP contribution is 2.25. The first-order valence-corrected chi connectivity index (χ1v) is 9.19. The molecule has 2 aromatic rings. The van der Waals surface area contributed by atoms with Crippen LogP contribution in [0.25, 0.3) is 11.3 Å². The van der Waals surface area contributed by atoms with Gasteiger partial charge in [-0.25, -0.2) is 0 Å². The lowest BCUT2D eigenvalue weighted by Gasteiger charge is -2.36. The highest BCUT2D eigenvalue weighted by Gasteiger charge is 2.26. The van der Waals surface area contributed by atoms with Crippen molar-refractivity contribution in [3.05, 3.63) is 41.7 Å². The minimum Gasteiger partial charge on any atom is -0.379 e. The Morgan fingerprint density at radius 3 is 2.58 bits per heavy atom. The maximum atomic E-state index is 12.9. The summed E-state index contributed by atoms with van der Waals surface area (Å²) in [6.07, 6.45) is 0. The quantitative estimate of drug-likeness (QED) is 0.861. The Kier molecular flexibility index (Phi) is 6.06. The summed E-state index contributed by atoms with van der Waals surface area (Å²) in [4.78, 5) is 15.3. The molecule has 6 heteroatoms. The molecule has 1 aliphatic heterocycles. The highest BCUT2D eigenvalue weighted by atomic mass is 16.5. The first kappa shape index (κ1) is 18.6. The summed E-state index contributed by atoms with van der Waals surface area (Å²) in [6, 6.07) is 9.93. The molecule has 3 rings (SSSR count). The van der Waals surface area contributed by atoms with Gasteiger partial charge < -0.3 is 14.6 Å². The van der Waals surface area contributed by atoms with Gasteiger partial charge >= 0.3 is 0 Å². The van der Waals surface area contributed by atoms with Crippen LogP contribution in [0.15, 0.2) is 34.9 Å². The average Bonchev–Trinajstić information content (AvgIpc) is 3.04. The lowest BCUT2D eigenvalue weighted by Crippen LogP contribution is -2.51. The van der Waals surface area contributed by atoms with Gasteiger partial charge in [-0.2, -0.15) is 0 Å². The van der Waals surface area contributed by atoms with E-state index in [0.717, 1.165) is 31.9 Å². The van der Waals surface area contributed by atoms with Crippen LogP contribution in [0.5, 0.6) is 0 Å². The van der Waals surface area contributed by atoms with Crippen LogP contribution >= 0.6 is 0 Å². The summed E-state index contributed by atoms with van der Waals surface area (Å²) in [6.45, 7) is 10.0. The number of aromatic nitrogens is 1. The van der Waals surface area contributed by atoms with E-state index in [0.29, 0.717) is 29.5 Å². The number of carbonyl (C=O) groups is 1. The largest absolute Gasteiger partial charge is 0.379 e. The fourth-order valence-electron chi connectivity index (χ4n) is 3.41. The van der Waals surface area contributed by atoms with Gasteiger partial charge in [-0.3, -0.25) is 9.69 Å². The number of morpholine rings is 1. The van der Waals surface area contributed by atoms with Gasteiger partial charge in [0.15, 0.2) is 0 Å².